The molecule has 3 heteroatoms. The molecule has 100 valence electrons. The minimum absolute atomic E-state index is 0.384. The van der Waals surface area contributed by atoms with Gasteiger partial charge in [-0.25, -0.2) is 0 Å². The van der Waals surface area contributed by atoms with Crippen LogP contribution < -0.4 is 5.32 Å². The van der Waals surface area contributed by atoms with E-state index in [0.29, 0.717) is 18.1 Å². The molecule has 1 aliphatic rings. The first-order valence-corrected chi connectivity index (χ1v) is 6.68. The summed E-state index contributed by atoms with van der Waals surface area (Å²) in [5, 5.41) is 3.41. The van der Waals surface area contributed by atoms with E-state index in [-0.39, 0.29) is 0 Å². The van der Waals surface area contributed by atoms with Gasteiger partial charge in [0.05, 0.1) is 6.10 Å². The highest BCUT2D eigenvalue weighted by Crippen LogP contribution is 2.19. The van der Waals surface area contributed by atoms with E-state index in [1.54, 1.807) is 0 Å². The van der Waals surface area contributed by atoms with Crippen LogP contribution >= 0.6 is 0 Å². The fraction of sp³-hybridized carbons (Fsp3) is 0.857. The van der Waals surface area contributed by atoms with E-state index in [1.807, 2.05) is 7.11 Å². The lowest BCUT2D eigenvalue weighted by atomic mass is 9.95. The minimum Gasteiger partial charge on any atom is -0.380 e. The first-order chi connectivity index (χ1) is 8.02. The second-order valence-electron chi connectivity index (χ2n) is 5.56. The molecule has 0 saturated carbocycles. The lowest BCUT2D eigenvalue weighted by molar-refractivity contribution is -0.00210. The molecule has 1 fully saturated rings. The average molecular weight is 240 g/mol. The van der Waals surface area contributed by atoms with E-state index in [0.717, 1.165) is 19.6 Å². The fourth-order valence-electron chi connectivity index (χ4n) is 2.27. The fourth-order valence-corrected chi connectivity index (χ4v) is 2.27. The standard InChI is InChI=1S/C14H28N2O/c1-11(2)15-8-12(3)9-16-7-6-13(4)14(10-16)17-5/h11,13-15H,3,6-10H2,1-2,4-5H3. The molecule has 0 aromatic rings. The molecule has 0 aromatic heterocycles. The summed E-state index contributed by atoms with van der Waals surface area (Å²) in [6.45, 7) is 14.9. The number of nitrogens with zero attached hydrogens (tertiary/aromatic N) is 1. The molecule has 0 amide bonds. The normalized spacial score (nSPS) is 26.4. The second kappa shape index (κ2) is 7.14. The molecule has 0 spiro atoms. The number of hydrogen-bond acceptors (Lipinski definition) is 3. The summed E-state index contributed by atoms with van der Waals surface area (Å²) in [7, 11) is 1.82. The maximum absolute atomic E-state index is 5.53. The van der Waals surface area contributed by atoms with Crippen molar-refractivity contribution in [1.29, 1.82) is 0 Å². The van der Waals surface area contributed by atoms with Crippen LogP contribution in [0.15, 0.2) is 12.2 Å². The Morgan fingerprint density at radius 3 is 2.82 bits per heavy atom. The van der Waals surface area contributed by atoms with E-state index in [1.165, 1.54) is 18.5 Å². The van der Waals surface area contributed by atoms with Gasteiger partial charge in [-0.2, -0.15) is 0 Å². The maximum atomic E-state index is 5.53. The van der Waals surface area contributed by atoms with Gasteiger partial charge in [0.1, 0.15) is 0 Å². The van der Waals surface area contributed by atoms with Crippen molar-refractivity contribution in [2.75, 3.05) is 33.3 Å². The van der Waals surface area contributed by atoms with Gasteiger partial charge >= 0.3 is 0 Å². The number of likely N-dealkylation sites (tertiary alicyclic amines) is 1. The van der Waals surface area contributed by atoms with Gasteiger partial charge in [0.2, 0.25) is 0 Å². The van der Waals surface area contributed by atoms with E-state index in [9.17, 15) is 0 Å². The average Bonchev–Trinajstić information content (AvgIpc) is 2.29. The third-order valence-corrected chi connectivity index (χ3v) is 3.48. The summed E-state index contributed by atoms with van der Waals surface area (Å²) in [5.41, 5.74) is 1.27. The Balaban J connectivity index is 2.29. The van der Waals surface area contributed by atoms with Gasteiger partial charge in [-0.1, -0.05) is 27.4 Å². The number of hydrogen-bond donors (Lipinski definition) is 1. The number of methoxy groups -OCH3 is 1. The van der Waals surface area contributed by atoms with Crippen molar-refractivity contribution in [3.63, 3.8) is 0 Å². The van der Waals surface area contributed by atoms with E-state index >= 15 is 0 Å². The van der Waals surface area contributed by atoms with E-state index < -0.39 is 0 Å². The first kappa shape index (κ1) is 14.7. The van der Waals surface area contributed by atoms with Crippen LogP contribution in [0.3, 0.4) is 0 Å². The van der Waals surface area contributed by atoms with Crippen molar-refractivity contribution in [3.05, 3.63) is 12.2 Å². The lowest BCUT2D eigenvalue weighted by Gasteiger charge is -2.36. The van der Waals surface area contributed by atoms with Crippen molar-refractivity contribution < 1.29 is 4.74 Å². The summed E-state index contributed by atoms with van der Waals surface area (Å²) in [6, 6.07) is 0.528. The van der Waals surface area contributed by atoms with Crippen LogP contribution in [-0.4, -0.2) is 50.3 Å². The molecular formula is C14H28N2O. The molecule has 1 saturated heterocycles. The smallest absolute Gasteiger partial charge is 0.0724 e. The molecule has 0 aliphatic carbocycles. The predicted molar refractivity (Wildman–Crippen MR) is 73.3 cm³/mol. The van der Waals surface area contributed by atoms with Crippen LogP contribution in [0.25, 0.3) is 0 Å². The SMILES string of the molecule is C=C(CNC(C)C)CN1CCC(C)C(OC)C1. The first-order valence-electron chi connectivity index (χ1n) is 6.68. The zero-order valence-corrected chi connectivity index (χ0v) is 11.8. The highest BCUT2D eigenvalue weighted by Gasteiger charge is 2.25. The molecule has 3 nitrogen and oxygen atoms in total. The van der Waals surface area contributed by atoms with Crippen LogP contribution in [-0.2, 0) is 4.74 Å². The topological polar surface area (TPSA) is 24.5 Å². The van der Waals surface area contributed by atoms with Crippen molar-refractivity contribution in [2.45, 2.75) is 39.3 Å². The Bertz CT molecular complexity index is 240. The Morgan fingerprint density at radius 1 is 1.53 bits per heavy atom. The third-order valence-electron chi connectivity index (χ3n) is 3.48. The van der Waals surface area contributed by atoms with E-state index in [4.69, 9.17) is 4.74 Å². The van der Waals surface area contributed by atoms with Crippen molar-refractivity contribution >= 4 is 0 Å². The zero-order valence-electron chi connectivity index (χ0n) is 11.8. The van der Waals surface area contributed by atoms with Crippen molar-refractivity contribution in [3.8, 4) is 0 Å². The molecule has 17 heavy (non-hydrogen) atoms. The van der Waals surface area contributed by atoms with Crippen molar-refractivity contribution in [2.24, 2.45) is 5.92 Å². The second-order valence-corrected chi connectivity index (χ2v) is 5.56. The summed E-state index contributed by atoms with van der Waals surface area (Å²) in [6.07, 6.45) is 1.61. The maximum Gasteiger partial charge on any atom is 0.0724 e. The largest absolute Gasteiger partial charge is 0.380 e. The van der Waals surface area contributed by atoms with Gasteiger partial charge in [0.15, 0.2) is 0 Å². The quantitative estimate of drug-likeness (QED) is 0.718. The van der Waals surface area contributed by atoms with E-state index in [2.05, 4.69) is 37.6 Å². The molecule has 1 heterocycles. The van der Waals surface area contributed by atoms with Gasteiger partial charge in [-0.15, -0.1) is 0 Å². The van der Waals surface area contributed by atoms with Gasteiger partial charge < -0.3 is 10.1 Å². The van der Waals surface area contributed by atoms with Crippen LogP contribution in [0.1, 0.15) is 27.2 Å². The summed E-state index contributed by atoms with van der Waals surface area (Å²) in [4.78, 5) is 2.46. The minimum atomic E-state index is 0.384. The Labute approximate surface area is 106 Å². The Morgan fingerprint density at radius 2 is 2.24 bits per heavy atom. The molecule has 0 radical (unpaired) electrons. The molecule has 0 bridgehead atoms. The number of nitrogens with one attached hydrogen (secondary N) is 1. The number of rotatable bonds is 6. The van der Waals surface area contributed by atoms with Gasteiger partial charge in [-0.3, -0.25) is 4.90 Å². The summed E-state index contributed by atoms with van der Waals surface area (Å²) in [5.74, 6) is 0.679. The third kappa shape index (κ3) is 5.19. The summed E-state index contributed by atoms with van der Waals surface area (Å²) < 4.78 is 5.53. The highest BCUT2D eigenvalue weighted by atomic mass is 16.5. The summed E-state index contributed by atoms with van der Waals surface area (Å²) >= 11 is 0. The van der Waals surface area contributed by atoms with Gasteiger partial charge in [0, 0.05) is 32.8 Å². The van der Waals surface area contributed by atoms with Crippen molar-refractivity contribution in [1.82, 2.24) is 10.2 Å². The molecule has 2 unspecified atom stereocenters. The number of piperidine rings is 1. The van der Waals surface area contributed by atoms with Gasteiger partial charge in [0.25, 0.3) is 0 Å². The molecule has 1 rings (SSSR count). The number of ether oxygens (including phenoxy) is 1. The molecule has 0 aromatic carbocycles. The van der Waals surface area contributed by atoms with Gasteiger partial charge in [-0.05, 0) is 24.5 Å². The Kier molecular flexibility index (Phi) is 6.17. The Hall–Kier alpha value is -0.380. The highest BCUT2D eigenvalue weighted by molar-refractivity contribution is 5.01. The molecular weight excluding hydrogens is 212 g/mol. The molecule has 1 N–H and O–H groups in total. The molecule has 2 atom stereocenters. The zero-order chi connectivity index (χ0) is 12.8. The van der Waals surface area contributed by atoms with Crippen LogP contribution in [0, 0.1) is 5.92 Å². The lowest BCUT2D eigenvalue weighted by Crippen LogP contribution is -2.45. The van der Waals surface area contributed by atoms with Crippen LogP contribution in [0.2, 0.25) is 0 Å². The molecule has 1 aliphatic heterocycles. The predicted octanol–water partition coefficient (Wildman–Crippen LogP) is 1.90. The van der Waals surface area contributed by atoms with Crippen LogP contribution in [0.4, 0.5) is 0 Å². The monoisotopic (exact) mass is 240 g/mol. The van der Waals surface area contributed by atoms with Crippen LogP contribution in [0.5, 0.6) is 0 Å².